The van der Waals surface area contributed by atoms with Crippen LogP contribution in [-0.4, -0.2) is 12.4 Å². The molecule has 0 aliphatic heterocycles. The van der Waals surface area contributed by atoms with Gasteiger partial charge in [0.25, 0.3) is 7.19 Å². The zero-order chi connectivity index (χ0) is 9.47. The molecule has 0 amide bonds. The molecule has 1 heterocycles. The zero-order valence-corrected chi connectivity index (χ0v) is 9.49. The molecular formula is C8H6INO2S. The first-order chi connectivity index (χ1) is 6.09. The quantitative estimate of drug-likeness (QED) is 0.598. The summed E-state index contributed by atoms with van der Waals surface area (Å²) >= 11 is 1.42. The van der Waals surface area contributed by atoms with Crippen LogP contribution in [0, 0.1) is 0 Å². The van der Waals surface area contributed by atoms with E-state index in [1.807, 2.05) is 18.2 Å². The number of halogens is 1. The second-order valence-electron chi connectivity index (χ2n) is 2.61. The number of nitrogens with zero attached hydrogens (tertiary/aromatic N) is 1. The lowest BCUT2D eigenvalue weighted by Crippen LogP contribution is -2.01. The average molecular weight is 307 g/mol. The van der Waals surface area contributed by atoms with E-state index >= 15 is 0 Å². The summed E-state index contributed by atoms with van der Waals surface area (Å²) in [6, 6.07) is 9.15. The Morgan fingerprint density at radius 2 is 1.85 bits per heavy atom. The summed E-state index contributed by atoms with van der Waals surface area (Å²) in [6.45, 7) is 0. The summed E-state index contributed by atoms with van der Waals surface area (Å²) in [5.74, 6) is 0. The molecular weight excluding hydrogens is 301 g/mol. The van der Waals surface area contributed by atoms with Crippen LogP contribution in [0.3, 0.4) is 0 Å². The highest BCUT2D eigenvalue weighted by Crippen LogP contribution is 2.19. The maximum absolute atomic E-state index is 11.3. The van der Waals surface area contributed by atoms with Crippen molar-refractivity contribution in [1.29, 1.82) is 0 Å². The molecule has 13 heavy (non-hydrogen) atoms. The van der Waals surface area contributed by atoms with Gasteiger partial charge in [-0.1, -0.05) is 18.2 Å². The fraction of sp³-hybridized carbons (Fsp3) is 0. The number of fused-ring (bicyclic) bond motifs is 1. The third kappa shape index (κ3) is 1.58. The van der Waals surface area contributed by atoms with Gasteiger partial charge in [-0.05, 0) is 12.1 Å². The van der Waals surface area contributed by atoms with E-state index in [0.717, 1.165) is 10.9 Å². The fourth-order valence-electron chi connectivity index (χ4n) is 1.25. The van der Waals surface area contributed by atoms with E-state index < -0.39 is 7.19 Å². The molecule has 1 aromatic heterocycles. The highest BCUT2D eigenvalue weighted by atomic mass is 127. The highest BCUT2D eigenvalue weighted by Gasteiger charge is 2.09. The van der Waals surface area contributed by atoms with Gasteiger partial charge in [0.05, 0.1) is 26.7 Å². The molecule has 0 radical (unpaired) electrons. The molecule has 0 saturated carbocycles. The van der Waals surface area contributed by atoms with Gasteiger partial charge in [-0.15, -0.1) is 0 Å². The van der Waals surface area contributed by atoms with E-state index in [-0.39, 0.29) is 0 Å². The van der Waals surface area contributed by atoms with Crippen LogP contribution >= 0.6 is 21.2 Å². The summed E-state index contributed by atoms with van der Waals surface area (Å²) in [5, 5.41) is 0.933. The maximum atomic E-state index is 11.3. The molecule has 0 saturated heterocycles. The van der Waals surface area contributed by atoms with E-state index in [2.05, 4.69) is 0 Å². The summed E-state index contributed by atoms with van der Waals surface area (Å²) in [6.07, 6.45) is 1.56. The molecule has 0 spiro atoms. The van der Waals surface area contributed by atoms with Crippen molar-refractivity contribution in [2.24, 2.45) is 0 Å². The number of para-hydroxylation sites is 1. The molecule has 5 heteroatoms. The Kier molecular flexibility index (Phi) is 2.07. The topological polar surface area (TPSA) is 39.1 Å². The van der Waals surface area contributed by atoms with Gasteiger partial charge in [0, 0.05) is 11.6 Å². The van der Waals surface area contributed by atoms with Gasteiger partial charge in [-0.25, -0.2) is 3.97 Å². The summed E-state index contributed by atoms with van der Waals surface area (Å²) in [4.78, 5) is 0. The molecule has 0 fully saturated rings. The predicted molar refractivity (Wildman–Crippen MR) is 60.3 cm³/mol. The standard InChI is InChI=1S/C8H6INO2S/c9-13(11,12)10-6-5-7-3-1-2-4-8(7)10/h1-6H. The van der Waals surface area contributed by atoms with Crippen molar-refractivity contribution in [2.75, 3.05) is 0 Å². The maximum Gasteiger partial charge on any atom is 0.292 e. The number of hydrogen-bond acceptors (Lipinski definition) is 2. The number of aromatic nitrogens is 1. The third-order valence-corrected chi connectivity index (χ3v) is 3.86. The molecule has 0 aliphatic carbocycles. The van der Waals surface area contributed by atoms with E-state index in [9.17, 15) is 8.42 Å². The average Bonchev–Trinajstić information content (AvgIpc) is 2.45. The molecule has 68 valence electrons. The fourth-order valence-corrected chi connectivity index (χ4v) is 2.89. The first kappa shape index (κ1) is 9.01. The van der Waals surface area contributed by atoms with Crippen LogP contribution in [0.5, 0.6) is 0 Å². The van der Waals surface area contributed by atoms with Crippen LogP contribution in [0.2, 0.25) is 0 Å². The van der Waals surface area contributed by atoms with Crippen molar-refractivity contribution in [2.45, 2.75) is 0 Å². The predicted octanol–water partition coefficient (Wildman–Crippen LogP) is 2.17. The number of hydrogen-bond donors (Lipinski definition) is 0. The minimum Gasteiger partial charge on any atom is -0.237 e. The summed E-state index contributed by atoms with van der Waals surface area (Å²) < 4.78 is 23.8. The highest BCUT2D eigenvalue weighted by molar-refractivity contribution is 14.2. The van der Waals surface area contributed by atoms with Crippen LogP contribution in [0.25, 0.3) is 10.9 Å². The largest absolute Gasteiger partial charge is 0.292 e. The van der Waals surface area contributed by atoms with Crippen LogP contribution in [0.1, 0.15) is 0 Å². The Bertz CT molecular complexity index is 544. The molecule has 0 aliphatic rings. The van der Waals surface area contributed by atoms with Crippen LogP contribution in [0.15, 0.2) is 36.5 Å². The Labute approximate surface area is 88.0 Å². The van der Waals surface area contributed by atoms with Crippen molar-refractivity contribution in [1.82, 2.24) is 3.97 Å². The molecule has 0 N–H and O–H groups in total. The van der Waals surface area contributed by atoms with Gasteiger partial charge < -0.3 is 0 Å². The monoisotopic (exact) mass is 307 g/mol. The Balaban J connectivity index is 2.87. The second kappa shape index (κ2) is 2.98. The van der Waals surface area contributed by atoms with E-state index in [4.69, 9.17) is 0 Å². The van der Waals surface area contributed by atoms with Gasteiger partial charge in [-0.3, -0.25) is 0 Å². The van der Waals surface area contributed by atoms with Gasteiger partial charge >= 0.3 is 0 Å². The van der Waals surface area contributed by atoms with Gasteiger partial charge in [0.2, 0.25) is 0 Å². The van der Waals surface area contributed by atoms with E-state index in [1.54, 1.807) is 18.3 Å². The number of benzene rings is 1. The summed E-state index contributed by atoms with van der Waals surface area (Å²) in [7, 11) is -3.20. The van der Waals surface area contributed by atoms with Gasteiger partial charge in [0.15, 0.2) is 0 Å². The van der Waals surface area contributed by atoms with Crippen LogP contribution in [0.4, 0.5) is 0 Å². The molecule has 1 aromatic carbocycles. The molecule has 2 rings (SSSR count). The second-order valence-corrected chi connectivity index (χ2v) is 7.17. The first-order valence-corrected chi connectivity index (χ1v) is 7.58. The Morgan fingerprint density at radius 3 is 2.54 bits per heavy atom. The Morgan fingerprint density at radius 1 is 1.15 bits per heavy atom. The number of rotatable bonds is 1. The lowest BCUT2D eigenvalue weighted by molar-refractivity contribution is 0.606. The molecule has 0 atom stereocenters. The van der Waals surface area contributed by atoms with Crippen molar-refractivity contribution in [3.8, 4) is 0 Å². The first-order valence-electron chi connectivity index (χ1n) is 3.60. The van der Waals surface area contributed by atoms with Crippen molar-refractivity contribution in [3.05, 3.63) is 36.5 Å². The van der Waals surface area contributed by atoms with Crippen LogP contribution < -0.4 is 0 Å². The smallest absolute Gasteiger partial charge is 0.237 e. The van der Waals surface area contributed by atoms with Crippen LogP contribution in [-0.2, 0) is 7.19 Å². The van der Waals surface area contributed by atoms with Crippen molar-refractivity contribution >= 4 is 39.3 Å². The minimum absolute atomic E-state index is 0.719. The van der Waals surface area contributed by atoms with Crippen molar-refractivity contribution in [3.63, 3.8) is 0 Å². The SMILES string of the molecule is O=S(=O)(I)n1ccc2ccccc21. The summed E-state index contributed by atoms with van der Waals surface area (Å²) in [5.41, 5.74) is 0.719. The molecule has 0 unspecified atom stereocenters. The normalized spacial score (nSPS) is 12.1. The van der Waals surface area contributed by atoms with Crippen molar-refractivity contribution < 1.29 is 8.42 Å². The van der Waals surface area contributed by atoms with Gasteiger partial charge in [0.1, 0.15) is 0 Å². The van der Waals surface area contributed by atoms with Gasteiger partial charge in [-0.2, -0.15) is 8.42 Å². The Hall–Kier alpha value is -0.560. The molecule has 3 nitrogen and oxygen atoms in total. The van der Waals surface area contributed by atoms with E-state index in [0.29, 0.717) is 0 Å². The van der Waals surface area contributed by atoms with E-state index in [1.165, 1.54) is 25.2 Å². The molecule has 2 aromatic rings. The lowest BCUT2D eigenvalue weighted by atomic mass is 10.3. The third-order valence-electron chi connectivity index (χ3n) is 1.80. The lowest BCUT2D eigenvalue weighted by Gasteiger charge is -1.98. The zero-order valence-electron chi connectivity index (χ0n) is 6.51. The minimum atomic E-state index is -3.20. The molecule has 0 bridgehead atoms.